The molecule has 3 atom stereocenters. The van der Waals surface area contributed by atoms with Crippen molar-refractivity contribution in [1.29, 1.82) is 0 Å². The number of carbonyl (C=O) groups excluding carboxylic acids is 2. The second kappa shape index (κ2) is 8.08. The molecule has 1 aromatic carbocycles. The van der Waals surface area contributed by atoms with Gasteiger partial charge in [-0.25, -0.2) is 0 Å². The average Bonchev–Trinajstić information content (AvgIpc) is 3.05. The Kier molecular flexibility index (Phi) is 5.81. The van der Waals surface area contributed by atoms with Gasteiger partial charge in [-0.3, -0.25) is 9.59 Å². The first-order valence-corrected chi connectivity index (χ1v) is 9.36. The van der Waals surface area contributed by atoms with Crippen LogP contribution in [-0.4, -0.2) is 68.0 Å². The Balaban J connectivity index is 1.78. The summed E-state index contributed by atoms with van der Waals surface area (Å²) in [6, 6.07) is 8.03. The molecule has 6 heteroatoms. The van der Waals surface area contributed by atoms with Gasteiger partial charge in [-0.15, -0.1) is 0 Å². The number of amides is 2. The Morgan fingerprint density at radius 3 is 2.31 bits per heavy atom. The van der Waals surface area contributed by atoms with E-state index in [1.165, 1.54) is 6.92 Å². The van der Waals surface area contributed by atoms with Crippen LogP contribution in [0.1, 0.15) is 31.2 Å². The zero-order valence-corrected chi connectivity index (χ0v) is 15.9. The third kappa shape index (κ3) is 4.18. The van der Waals surface area contributed by atoms with Gasteiger partial charge in [0.1, 0.15) is 5.75 Å². The minimum Gasteiger partial charge on any atom is -0.497 e. The Hall–Kier alpha value is -2.08. The Morgan fingerprint density at radius 1 is 1.08 bits per heavy atom. The third-order valence-electron chi connectivity index (χ3n) is 5.65. The first-order valence-electron chi connectivity index (χ1n) is 9.36. The number of ether oxygens (including phenoxy) is 1. The van der Waals surface area contributed by atoms with Crippen molar-refractivity contribution in [2.24, 2.45) is 5.92 Å². The van der Waals surface area contributed by atoms with Gasteiger partial charge in [-0.05, 0) is 43.5 Å². The summed E-state index contributed by atoms with van der Waals surface area (Å²) < 4.78 is 5.25. The second-order valence-electron chi connectivity index (χ2n) is 7.48. The first kappa shape index (κ1) is 18.7. The SMILES string of the molecule is COc1ccc([C@H]2C[C@H](NC(C)=O)C[C@@H]2C(=O)N2CCN(C)CC2)cc1. The summed E-state index contributed by atoms with van der Waals surface area (Å²) in [5.41, 5.74) is 1.14. The van der Waals surface area contributed by atoms with E-state index in [-0.39, 0.29) is 29.7 Å². The summed E-state index contributed by atoms with van der Waals surface area (Å²) in [4.78, 5) is 29.0. The van der Waals surface area contributed by atoms with E-state index in [4.69, 9.17) is 4.74 Å². The minimum absolute atomic E-state index is 0.0313. The zero-order valence-electron chi connectivity index (χ0n) is 15.9. The molecule has 0 unspecified atom stereocenters. The van der Waals surface area contributed by atoms with Crippen LogP contribution < -0.4 is 10.1 Å². The molecule has 3 rings (SSSR count). The van der Waals surface area contributed by atoms with Crippen molar-refractivity contribution in [2.75, 3.05) is 40.3 Å². The lowest BCUT2D eigenvalue weighted by Gasteiger charge is -2.35. The normalized spacial score (nSPS) is 26.6. The van der Waals surface area contributed by atoms with Gasteiger partial charge in [-0.2, -0.15) is 0 Å². The van der Waals surface area contributed by atoms with Crippen LogP contribution in [-0.2, 0) is 9.59 Å². The quantitative estimate of drug-likeness (QED) is 0.884. The first-order chi connectivity index (χ1) is 12.5. The van der Waals surface area contributed by atoms with E-state index >= 15 is 0 Å². The maximum absolute atomic E-state index is 13.2. The molecule has 142 valence electrons. The summed E-state index contributed by atoms with van der Waals surface area (Å²) in [7, 11) is 3.74. The number of hydrogen-bond acceptors (Lipinski definition) is 4. The molecule has 1 saturated heterocycles. The van der Waals surface area contributed by atoms with E-state index in [9.17, 15) is 9.59 Å². The van der Waals surface area contributed by atoms with Gasteiger partial charge in [0.2, 0.25) is 11.8 Å². The van der Waals surface area contributed by atoms with Crippen molar-refractivity contribution >= 4 is 11.8 Å². The van der Waals surface area contributed by atoms with Crippen LogP contribution in [0.15, 0.2) is 24.3 Å². The number of piperazine rings is 1. The Labute approximate surface area is 155 Å². The van der Waals surface area contributed by atoms with Crippen molar-refractivity contribution in [2.45, 2.75) is 31.7 Å². The van der Waals surface area contributed by atoms with Crippen molar-refractivity contribution < 1.29 is 14.3 Å². The highest BCUT2D eigenvalue weighted by Crippen LogP contribution is 2.41. The molecular formula is C20H29N3O3. The number of rotatable bonds is 4. The molecule has 6 nitrogen and oxygen atoms in total. The molecule has 26 heavy (non-hydrogen) atoms. The van der Waals surface area contributed by atoms with Crippen LogP contribution in [0.5, 0.6) is 5.75 Å². The maximum atomic E-state index is 13.2. The highest BCUT2D eigenvalue weighted by molar-refractivity contribution is 5.81. The molecule has 1 heterocycles. The number of nitrogens with zero attached hydrogens (tertiary/aromatic N) is 2. The van der Waals surface area contributed by atoms with Gasteiger partial charge >= 0.3 is 0 Å². The third-order valence-corrected chi connectivity index (χ3v) is 5.65. The predicted octanol–water partition coefficient (Wildman–Crippen LogP) is 1.47. The summed E-state index contributed by atoms with van der Waals surface area (Å²) in [5, 5.41) is 3.02. The van der Waals surface area contributed by atoms with Gasteiger partial charge in [0.25, 0.3) is 0 Å². The fourth-order valence-electron chi connectivity index (χ4n) is 4.20. The van der Waals surface area contributed by atoms with Crippen LogP contribution in [0.25, 0.3) is 0 Å². The molecule has 2 amide bonds. The van der Waals surface area contributed by atoms with Gasteiger partial charge in [0, 0.05) is 45.1 Å². The van der Waals surface area contributed by atoms with E-state index in [0.29, 0.717) is 6.42 Å². The van der Waals surface area contributed by atoms with Gasteiger partial charge in [0.15, 0.2) is 0 Å². The number of hydrogen-bond donors (Lipinski definition) is 1. The van der Waals surface area contributed by atoms with Crippen molar-refractivity contribution in [1.82, 2.24) is 15.1 Å². The monoisotopic (exact) mass is 359 g/mol. The molecule has 1 aliphatic carbocycles. The summed E-state index contributed by atoms with van der Waals surface area (Å²) in [6.07, 6.45) is 1.51. The standard InChI is InChI=1S/C20H29N3O3/c1-14(24)21-16-12-18(15-4-6-17(26-3)7-5-15)19(13-16)20(25)23-10-8-22(2)9-11-23/h4-7,16,18-19H,8-13H2,1-3H3,(H,21,24)/t16-,18+,19-/m0/s1. The molecule has 0 radical (unpaired) electrons. The summed E-state index contributed by atoms with van der Waals surface area (Å²) in [5.74, 6) is 1.06. The van der Waals surface area contributed by atoms with Gasteiger partial charge < -0.3 is 19.9 Å². The zero-order chi connectivity index (χ0) is 18.7. The van der Waals surface area contributed by atoms with Crippen molar-refractivity contribution in [3.05, 3.63) is 29.8 Å². The maximum Gasteiger partial charge on any atom is 0.226 e. The lowest BCUT2D eigenvalue weighted by Crippen LogP contribution is -2.49. The lowest BCUT2D eigenvalue weighted by molar-refractivity contribution is -0.137. The minimum atomic E-state index is -0.0800. The van der Waals surface area contributed by atoms with Gasteiger partial charge in [0.05, 0.1) is 7.11 Å². The molecule has 1 N–H and O–H groups in total. The molecule has 0 spiro atoms. The van der Waals surface area contributed by atoms with Crippen molar-refractivity contribution in [3.8, 4) is 5.75 Å². The van der Waals surface area contributed by atoms with E-state index in [1.54, 1.807) is 7.11 Å². The largest absolute Gasteiger partial charge is 0.497 e. The van der Waals surface area contributed by atoms with Crippen LogP contribution in [0.4, 0.5) is 0 Å². The van der Waals surface area contributed by atoms with Crippen molar-refractivity contribution in [3.63, 3.8) is 0 Å². The molecule has 2 fully saturated rings. The fraction of sp³-hybridized carbons (Fsp3) is 0.600. The smallest absolute Gasteiger partial charge is 0.226 e. The van der Waals surface area contributed by atoms with Crippen LogP contribution in [0.3, 0.4) is 0 Å². The van der Waals surface area contributed by atoms with Crippen LogP contribution in [0, 0.1) is 5.92 Å². The number of benzene rings is 1. The Morgan fingerprint density at radius 2 is 1.73 bits per heavy atom. The van der Waals surface area contributed by atoms with E-state index in [1.807, 2.05) is 29.2 Å². The number of methoxy groups -OCH3 is 1. The summed E-state index contributed by atoms with van der Waals surface area (Å²) in [6.45, 7) is 4.94. The topological polar surface area (TPSA) is 61.9 Å². The molecule has 1 saturated carbocycles. The molecule has 0 bridgehead atoms. The highest BCUT2D eigenvalue weighted by atomic mass is 16.5. The molecule has 2 aliphatic rings. The number of carbonyl (C=O) groups is 2. The molecule has 0 aromatic heterocycles. The number of nitrogens with one attached hydrogen (secondary N) is 1. The predicted molar refractivity (Wildman–Crippen MR) is 100 cm³/mol. The fourth-order valence-corrected chi connectivity index (χ4v) is 4.20. The highest BCUT2D eigenvalue weighted by Gasteiger charge is 2.41. The summed E-state index contributed by atoms with van der Waals surface area (Å²) >= 11 is 0. The molecule has 1 aliphatic heterocycles. The molecule has 1 aromatic rings. The van der Waals surface area contributed by atoms with E-state index < -0.39 is 0 Å². The Bertz CT molecular complexity index is 638. The van der Waals surface area contributed by atoms with Gasteiger partial charge in [-0.1, -0.05) is 12.1 Å². The average molecular weight is 359 g/mol. The molecular weight excluding hydrogens is 330 g/mol. The number of likely N-dealkylation sites (N-methyl/N-ethyl adjacent to an activating group) is 1. The lowest BCUT2D eigenvalue weighted by atomic mass is 9.87. The van der Waals surface area contributed by atoms with E-state index in [0.717, 1.165) is 43.9 Å². The second-order valence-corrected chi connectivity index (χ2v) is 7.48. The van der Waals surface area contributed by atoms with Crippen LogP contribution >= 0.6 is 0 Å². The van der Waals surface area contributed by atoms with Crippen LogP contribution in [0.2, 0.25) is 0 Å². The van der Waals surface area contributed by atoms with E-state index in [2.05, 4.69) is 17.3 Å².